The number of hydrogen-bond donors (Lipinski definition) is 0. The summed E-state index contributed by atoms with van der Waals surface area (Å²) in [6, 6.07) is 13.6. The highest BCUT2D eigenvalue weighted by Crippen LogP contribution is 2.33. The summed E-state index contributed by atoms with van der Waals surface area (Å²) in [6.45, 7) is 0.144. The first-order valence-corrected chi connectivity index (χ1v) is 9.99. The summed E-state index contributed by atoms with van der Waals surface area (Å²) in [5, 5.41) is 21.2. The maximum absolute atomic E-state index is 10.9. The Hall–Kier alpha value is -2.58. The van der Waals surface area contributed by atoms with Gasteiger partial charge >= 0.3 is 5.82 Å². The molecule has 0 aliphatic carbocycles. The summed E-state index contributed by atoms with van der Waals surface area (Å²) in [4.78, 5) is 10.4. The first-order chi connectivity index (χ1) is 14.3. The third-order valence-electron chi connectivity index (χ3n) is 4.30. The van der Waals surface area contributed by atoms with E-state index in [0.29, 0.717) is 31.5 Å². The lowest BCUT2D eigenvalue weighted by Gasteiger charge is -2.07. The zero-order valence-corrected chi connectivity index (χ0v) is 18.0. The Bertz CT molecular complexity index is 1270. The first-order valence-electron chi connectivity index (χ1n) is 8.48. The fourth-order valence-electron chi connectivity index (χ4n) is 2.87. The fourth-order valence-corrected chi connectivity index (χ4v) is 3.47. The van der Waals surface area contributed by atoms with E-state index in [-0.39, 0.29) is 12.5 Å². The Morgan fingerprint density at radius 3 is 2.07 bits per heavy atom. The molecule has 0 radical (unpaired) electrons. The summed E-state index contributed by atoms with van der Waals surface area (Å²) >= 11 is 24.4. The zero-order valence-electron chi connectivity index (χ0n) is 15.0. The molecule has 152 valence electrons. The van der Waals surface area contributed by atoms with Gasteiger partial charge in [-0.1, -0.05) is 58.5 Å². The quantitative estimate of drug-likeness (QED) is 0.242. The van der Waals surface area contributed by atoms with E-state index in [1.54, 1.807) is 35.0 Å². The van der Waals surface area contributed by atoms with Gasteiger partial charge in [0.1, 0.15) is 0 Å². The highest BCUT2D eigenvalue weighted by Gasteiger charge is 2.17. The smallest absolute Gasteiger partial charge is 0.358 e. The molecule has 2 heterocycles. The lowest BCUT2D eigenvalue weighted by atomic mass is 10.1. The SMILES string of the molecule is O=[N+]([O-])c1ccn(Cn2nc(-c3ccc(Cl)c(Cl)c3)cc2-c2ccc(Cl)c(Cl)c2)n1. The maximum Gasteiger partial charge on any atom is 0.389 e. The molecule has 2 aromatic heterocycles. The summed E-state index contributed by atoms with van der Waals surface area (Å²) in [5.41, 5.74) is 2.88. The van der Waals surface area contributed by atoms with E-state index < -0.39 is 4.92 Å². The van der Waals surface area contributed by atoms with E-state index in [0.717, 1.165) is 11.1 Å². The minimum absolute atomic E-state index is 0.144. The van der Waals surface area contributed by atoms with Gasteiger partial charge in [-0.15, -0.1) is 0 Å². The van der Waals surface area contributed by atoms with E-state index in [9.17, 15) is 10.1 Å². The monoisotopic (exact) mass is 481 g/mol. The van der Waals surface area contributed by atoms with Gasteiger partial charge in [-0.3, -0.25) is 0 Å². The zero-order chi connectivity index (χ0) is 21.4. The van der Waals surface area contributed by atoms with Gasteiger partial charge in [0, 0.05) is 11.1 Å². The van der Waals surface area contributed by atoms with Crippen LogP contribution in [0.3, 0.4) is 0 Å². The molecule has 0 N–H and O–H groups in total. The Morgan fingerprint density at radius 1 is 0.833 bits per heavy atom. The van der Waals surface area contributed by atoms with Gasteiger partial charge in [-0.2, -0.15) is 9.78 Å². The molecule has 0 bridgehead atoms. The molecule has 0 saturated heterocycles. The van der Waals surface area contributed by atoms with Crippen LogP contribution in [0.1, 0.15) is 0 Å². The lowest BCUT2D eigenvalue weighted by molar-refractivity contribution is -0.389. The van der Waals surface area contributed by atoms with Crippen molar-refractivity contribution in [2.24, 2.45) is 0 Å². The normalized spacial score (nSPS) is 11.1. The van der Waals surface area contributed by atoms with Crippen molar-refractivity contribution in [1.82, 2.24) is 19.6 Å². The van der Waals surface area contributed by atoms with Gasteiger partial charge in [-0.25, -0.2) is 4.68 Å². The minimum Gasteiger partial charge on any atom is -0.358 e. The molecule has 11 heteroatoms. The maximum atomic E-state index is 10.9. The van der Waals surface area contributed by atoms with Crippen LogP contribution in [0.4, 0.5) is 5.82 Å². The number of nitro groups is 1. The van der Waals surface area contributed by atoms with Gasteiger partial charge < -0.3 is 10.1 Å². The Kier molecular flexibility index (Phi) is 5.71. The van der Waals surface area contributed by atoms with Crippen molar-refractivity contribution in [3.8, 4) is 22.5 Å². The van der Waals surface area contributed by atoms with E-state index in [2.05, 4.69) is 10.2 Å². The van der Waals surface area contributed by atoms with Crippen LogP contribution in [0.15, 0.2) is 54.7 Å². The average molecular weight is 483 g/mol. The number of aromatic nitrogens is 4. The first kappa shape index (κ1) is 20.7. The predicted molar refractivity (Wildman–Crippen MR) is 117 cm³/mol. The van der Waals surface area contributed by atoms with Crippen molar-refractivity contribution < 1.29 is 4.92 Å². The molecular weight excluding hydrogens is 472 g/mol. The van der Waals surface area contributed by atoms with Crippen LogP contribution in [0.5, 0.6) is 0 Å². The van der Waals surface area contributed by atoms with Gasteiger partial charge in [0.05, 0.1) is 48.8 Å². The van der Waals surface area contributed by atoms with Crippen LogP contribution in [0, 0.1) is 10.1 Å². The molecule has 4 rings (SSSR count). The van der Waals surface area contributed by atoms with Crippen molar-refractivity contribution in [3.05, 3.63) is 84.9 Å². The summed E-state index contributed by atoms with van der Waals surface area (Å²) < 4.78 is 3.08. The highest BCUT2D eigenvalue weighted by molar-refractivity contribution is 6.42. The molecule has 30 heavy (non-hydrogen) atoms. The third kappa shape index (κ3) is 4.15. The molecule has 0 saturated carbocycles. The molecule has 2 aromatic carbocycles. The van der Waals surface area contributed by atoms with Crippen molar-refractivity contribution in [2.75, 3.05) is 0 Å². The Morgan fingerprint density at radius 2 is 1.47 bits per heavy atom. The molecule has 0 atom stereocenters. The lowest BCUT2D eigenvalue weighted by Crippen LogP contribution is -2.11. The summed E-state index contributed by atoms with van der Waals surface area (Å²) in [6.07, 6.45) is 1.51. The number of hydrogen-bond acceptors (Lipinski definition) is 4. The van der Waals surface area contributed by atoms with Crippen LogP contribution in [0.25, 0.3) is 22.5 Å². The molecular formula is C19H11Cl4N5O2. The number of rotatable bonds is 5. The molecule has 0 spiro atoms. The van der Waals surface area contributed by atoms with Crippen molar-refractivity contribution in [2.45, 2.75) is 6.67 Å². The van der Waals surface area contributed by atoms with E-state index in [1.165, 1.54) is 16.9 Å². The third-order valence-corrected chi connectivity index (χ3v) is 5.78. The predicted octanol–water partition coefficient (Wildman–Crippen LogP) is 6.44. The Balaban J connectivity index is 1.80. The van der Waals surface area contributed by atoms with Crippen LogP contribution >= 0.6 is 46.4 Å². The van der Waals surface area contributed by atoms with Crippen molar-refractivity contribution >= 4 is 52.2 Å². The van der Waals surface area contributed by atoms with Gasteiger partial charge in [0.15, 0.2) is 6.67 Å². The number of nitrogens with zero attached hydrogens (tertiary/aromatic N) is 5. The second-order valence-electron chi connectivity index (χ2n) is 6.28. The molecule has 0 fully saturated rings. The minimum atomic E-state index is -0.555. The van der Waals surface area contributed by atoms with E-state index in [4.69, 9.17) is 46.4 Å². The Labute approximate surface area is 190 Å². The molecule has 7 nitrogen and oxygen atoms in total. The highest BCUT2D eigenvalue weighted by atomic mass is 35.5. The molecule has 0 aliphatic rings. The van der Waals surface area contributed by atoms with Crippen LogP contribution < -0.4 is 0 Å². The number of benzene rings is 2. The van der Waals surface area contributed by atoms with E-state index >= 15 is 0 Å². The molecule has 0 unspecified atom stereocenters. The second kappa shape index (κ2) is 8.28. The average Bonchev–Trinajstić information content (AvgIpc) is 3.34. The van der Waals surface area contributed by atoms with Crippen molar-refractivity contribution in [1.29, 1.82) is 0 Å². The van der Waals surface area contributed by atoms with Gasteiger partial charge in [0.25, 0.3) is 0 Å². The van der Waals surface area contributed by atoms with Crippen molar-refractivity contribution in [3.63, 3.8) is 0 Å². The molecule has 0 aliphatic heterocycles. The summed E-state index contributed by atoms with van der Waals surface area (Å²) in [7, 11) is 0. The van der Waals surface area contributed by atoms with Gasteiger partial charge in [-0.05, 0) is 35.3 Å². The fraction of sp³-hybridized carbons (Fsp3) is 0.0526. The molecule has 0 amide bonds. The van der Waals surface area contributed by atoms with E-state index in [1.807, 2.05) is 12.1 Å². The van der Waals surface area contributed by atoms with Gasteiger partial charge in [0.2, 0.25) is 0 Å². The largest absolute Gasteiger partial charge is 0.389 e. The summed E-state index contributed by atoms with van der Waals surface area (Å²) in [5.74, 6) is -0.247. The topological polar surface area (TPSA) is 78.8 Å². The second-order valence-corrected chi connectivity index (χ2v) is 7.91. The standard InChI is InChI=1S/C19H11Cl4N5O2/c20-13-3-1-11(7-15(13)22)17-9-18(12-2-4-14(21)16(23)8-12)27(24-17)10-26-6-5-19(25-26)28(29)30/h1-9H,10H2. The van der Waals surface area contributed by atoms with Crippen LogP contribution in [0.2, 0.25) is 20.1 Å². The number of halogens is 4. The van der Waals surface area contributed by atoms with Crippen LogP contribution in [-0.4, -0.2) is 24.5 Å². The van der Waals surface area contributed by atoms with Crippen LogP contribution in [-0.2, 0) is 6.67 Å². The molecule has 4 aromatic rings.